The van der Waals surface area contributed by atoms with Crippen molar-refractivity contribution >= 4 is 5.91 Å². The summed E-state index contributed by atoms with van der Waals surface area (Å²) in [5.41, 5.74) is 0. The third-order valence-corrected chi connectivity index (χ3v) is 3.99. The molecule has 0 atom stereocenters. The van der Waals surface area contributed by atoms with Gasteiger partial charge in [0.15, 0.2) is 0 Å². The number of ether oxygens (including phenoxy) is 1. The third-order valence-electron chi connectivity index (χ3n) is 3.99. The lowest BCUT2D eigenvalue weighted by Gasteiger charge is -2.34. The summed E-state index contributed by atoms with van der Waals surface area (Å²) < 4.78 is 5.70. The molecule has 0 aliphatic carbocycles. The second-order valence-electron chi connectivity index (χ2n) is 5.66. The van der Waals surface area contributed by atoms with Crippen LogP contribution in [-0.2, 0) is 4.79 Å². The van der Waals surface area contributed by atoms with Crippen molar-refractivity contribution in [3.8, 4) is 5.75 Å². The Bertz CT molecular complexity index is 433. The fourth-order valence-electron chi connectivity index (χ4n) is 2.60. The molecule has 1 aliphatic rings. The second kappa shape index (κ2) is 21.7. The predicted molar refractivity (Wildman–Crippen MR) is 122 cm³/mol. The van der Waals surface area contributed by atoms with Gasteiger partial charge in [0.05, 0.1) is 13.2 Å². The highest BCUT2D eigenvalue weighted by Gasteiger charge is 2.17. The van der Waals surface area contributed by atoms with Crippen LogP contribution < -0.4 is 10.1 Å². The van der Waals surface area contributed by atoms with Gasteiger partial charge < -0.3 is 15.0 Å². The number of carbonyl (C=O) groups is 1. The van der Waals surface area contributed by atoms with Gasteiger partial charge in [0.25, 0.3) is 0 Å². The molecule has 0 spiro atoms. The number of benzene rings is 1. The molecule has 5 heteroatoms. The molecule has 0 aromatic heterocycles. The Labute approximate surface area is 174 Å². The molecule has 2 rings (SSSR count). The summed E-state index contributed by atoms with van der Waals surface area (Å²) in [6, 6.07) is 9.97. The number of unbranched alkanes of at least 4 members (excludes halogenated alkanes) is 1. The number of piperazine rings is 1. The van der Waals surface area contributed by atoms with Crippen molar-refractivity contribution in [2.24, 2.45) is 0 Å². The van der Waals surface area contributed by atoms with E-state index in [9.17, 15) is 4.79 Å². The van der Waals surface area contributed by atoms with Crippen LogP contribution in [0.15, 0.2) is 30.3 Å². The summed E-state index contributed by atoms with van der Waals surface area (Å²) >= 11 is 0. The fraction of sp³-hybridized carbons (Fsp3) is 0.696. The fourth-order valence-corrected chi connectivity index (χ4v) is 2.60. The van der Waals surface area contributed by atoms with E-state index in [1.165, 1.54) is 0 Å². The molecule has 28 heavy (non-hydrogen) atoms. The van der Waals surface area contributed by atoms with Crippen molar-refractivity contribution < 1.29 is 9.53 Å². The minimum Gasteiger partial charge on any atom is -0.494 e. The quantitative estimate of drug-likeness (QED) is 0.667. The Balaban J connectivity index is 0. The van der Waals surface area contributed by atoms with E-state index in [0.29, 0.717) is 6.54 Å². The van der Waals surface area contributed by atoms with Crippen molar-refractivity contribution in [2.75, 3.05) is 52.9 Å². The van der Waals surface area contributed by atoms with Crippen LogP contribution in [-0.4, -0.2) is 68.6 Å². The number of para-hydroxylation sites is 1. The molecule has 5 nitrogen and oxygen atoms in total. The average Bonchev–Trinajstić information content (AvgIpc) is 2.79. The average molecular weight is 396 g/mol. The maximum absolute atomic E-state index is 11.3. The van der Waals surface area contributed by atoms with E-state index < -0.39 is 0 Å². The van der Waals surface area contributed by atoms with Gasteiger partial charge in [-0.05, 0) is 31.5 Å². The molecule has 1 fully saturated rings. The highest BCUT2D eigenvalue weighted by molar-refractivity contribution is 5.77. The van der Waals surface area contributed by atoms with Crippen LogP contribution in [0, 0.1) is 0 Å². The minimum absolute atomic E-state index is 0.103. The maximum atomic E-state index is 11.3. The van der Waals surface area contributed by atoms with Crippen molar-refractivity contribution in [3.05, 3.63) is 30.3 Å². The largest absolute Gasteiger partial charge is 0.494 e. The van der Waals surface area contributed by atoms with Gasteiger partial charge in [-0.25, -0.2) is 0 Å². The zero-order valence-corrected chi connectivity index (χ0v) is 19.5. The van der Waals surface area contributed by atoms with Crippen molar-refractivity contribution in [1.82, 2.24) is 15.1 Å². The second-order valence-corrected chi connectivity index (χ2v) is 5.66. The van der Waals surface area contributed by atoms with Crippen LogP contribution in [0.3, 0.4) is 0 Å². The number of amides is 1. The third kappa shape index (κ3) is 14.5. The first-order valence-corrected chi connectivity index (χ1v) is 11.1. The number of nitrogens with zero attached hydrogens (tertiary/aromatic N) is 2. The van der Waals surface area contributed by atoms with Gasteiger partial charge in [0, 0.05) is 33.2 Å². The normalized spacial score (nSPS) is 13.5. The van der Waals surface area contributed by atoms with Crippen LogP contribution in [0.25, 0.3) is 0 Å². The number of carbonyl (C=O) groups excluding carboxylic acids is 1. The first-order chi connectivity index (χ1) is 13.8. The van der Waals surface area contributed by atoms with Gasteiger partial charge in [-0.15, -0.1) is 0 Å². The van der Waals surface area contributed by atoms with E-state index in [1.54, 1.807) is 7.05 Å². The lowest BCUT2D eigenvalue weighted by molar-refractivity contribution is -0.122. The molecule has 1 aliphatic heterocycles. The lowest BCUT2D eigenvalue weighted by atomic mass is 10.2. The van der Waals surface area contributed by atoms with Crippen LogP contribution in [0.5, 0.6) is 5.75 Å². The minimum atomic E-state index is 0.103. The van der Waals surface area contributed by atoms with E-state index >= 15 is 0 Å². The lowest BCUT2D eigenvalue weighted by Crippen LogP contribution is -2.49. The van der Waals surface area contributed by atoms with Crippen LogP contribution in [0.4, 0.5) is 0 Å². The first-order valence-electron chi connectivity index (χ1n) is 11.1. The Morgan fingerprint density at radius 1 is 0.893 bits per heavy atom. The Kier molecular flexibility index (Phi) is 22.2. The maximum Gasteiger partial charge on any atom is 0.233 e. The topological polar surface area (TPSA) is 44.8 Å². The molecule has 1 N–H and O–H groups in total. The molecule has 0 unspecified atom stereocenters. The molecule has 1 aromatic rings. The summed E-state index contributed by atoms with van der Waals surface area (Å²) in [6.07, 6.45) is 2.23. The summed E-state index contributed by atoms with van der Waals surface area (Å²) in [7, 11) is 1.69. The van der Waals surface area contributed by atoms with Crippen molar-refractivity contribution in [1.29, 1.82) is 0 Å². The molecule has 1 heterocycles. The predicted octanol–water partition coefficient (Wildman–Crippen LogP) is 4.29. The molecule has 164 valence electrons. The van der Waals surface area contributed by atoms with E-state index in [4.69, 9.17) is 4.74 Å². The van der Waals surface area contributed by atoms with Gasteiger partial charge in [-0.1, -0.05) is 59.7 Å². The zero-order valence-electron chi connectivity index (χ0n) is 19.5. The molecule has 1 aromatic carbocycles. The Hall–Kier alpha value is -1.59. The first kappa shape index (κ1) is 28.6. The van der Waals surface area contributed by atoms with Gasteiger partial charge in [-0.3, -0.25) is 9.69 Å². The van der Waals surface area contributed by atoms with E-state index in [0.717, 1.165) is 57.9 Å². The van der Waals surface area contributed by atoms with Crippen molar-refractivity contribution in [2.45, 2.75) is 54.4 Å². The van der Waals surface area contributed by atoms with Gasteiger partial charge >= 0.3 is 0 Å². The number of rotatable bonds is 8. The summed E-state index contributed by atoms with van der Waals surface area (Å²) in [6.45, 7) is 18.5. The standard InChI is InChI=1S/C17H27N3O2.3C2H6/c1-18-17(21)15-20-12-10-19(11-13-20)9-5-6-14-22-16-7-3-2-4-8-16;3*1-2/h2-4,7-8H,5-6,9-15H2,1H3,(H,18,21);3*1-2H3. The monoisotopic (exact) mass is 395 g/mol. The summed E-state index contributed by atoms with van der Waals surface area (Å²) in [5.74, 6) is 1.05. The number of hydrogen-bond acceptors (Lipinski definition) is 4. The van der Waals surface area contributed by atoms with Gasteiger partial charge in [0.2, 0.25) is 5.91 Å². The van der Waals surface area contributed by atoms with E-state index in [2.05, 4.69) is 15.1 Å². The number of hydrogen-bond donors (Lipinski definition) is 1. The molecule has 1 amide bonds. The van der Waals surface area contributed by atoms with Crippen molar-refractivity contribution in [3.63, 3.8) is 0 Å². The van der Waals surface area contributed by atoms with Gasteiger partial charge in [-0.2, -0.15) is 0 Å². The van der Waals surface area contributed by atoms with Gasteiger partial charge in [0.1, 0.15) is 5.75 Å². The molecule has 1 saturated heterocycles. The number of likely N-dealkylation sites (N-methyl/N-ethyl adjacent to an activating group) is 1. The van der Waals surface area contributed by atoms with E-state index in [1.807, 2.05) is 71.9 Å². The van der Waals surface area contributed by atoms with Crippen LogP contribution in [0.2, 0.25) is 0 Å². The van der Waals surface area contributed by atoms with Crippen LogP contribution >= 0.6 is 0 Å². The number of nitrogens with one attached hydrogen (secondary N) is 1. The summed E-state index contributed by atoms with van der Waals surface area (Å²) in [5, 5.41) is 2.68. The molecule has 0 bridgehead atoms. The molecular formula is C23H45N3O2. The molecule has 0 radical (unpaired) electrons. The smallest absolute Gasteiger partial charge is 0.233 e. The summed E-state index contributed by atoms with van der Waals surface area (Å²) in [4.78, 5) is 16.0. The molecular weight excluding hydrogens is 350 g/mol. The highest BCUT2D eigenvalue weighted by Crippen LogP contribution is 2.09. The molecule has 0 saturated carbocycles. The van der Waals surface area contributed by atoms with Crippen LogP contribution in [0.1, 0.15) is 54.4 Å². The zero-order chi connectivity index (χ0) is 21.6. The SMILES string of the molecule is CC.CC.CC.CNC(=O)CN1CCN(CCCCOc2ccccc2)CC1. The van der Waals surface area contributed by atoms with E-state index in [-0.39, 0.29) is 5.91 Å². The Morgan fingerprint density at radius 2 is 1.43 bits per heavy atom. The highest BCUT2D eigenvalue weighted by atomic mass is 16.5. The Morgan fingerprint density at radius 3 is 1.96 bits per heavy atom.